The molecule has 1 unspecified atom stereocenters. The zero-order valence-corrected chi connectivity index (χ0v) is 14.2. The van der Waals surface area contributed by atoms with Gasteiger partial charge in [0.1, 0.15) is 6.10 Å². The summed E-state index contributed by atoms with van der Waals surface area (Å²) in [5.74, 6) is 0.209. The number of aliphatic hydroxyl groups is 1. The molecule has 2 saturated heterocycles. The summed E-state index contributed by atoms with van der Waals surface area (Å²) in [5.41, 5.74) is 0. The fraction of sp³-hybridized carbons (Fsp3) is 0.688. The number of thiophene rings is 1. The first-order chi connectivity index (χ1) is 11.2. The number of hydrogen-bond donors (Lipinski definition) is 1. The Labute approximate surface area is 141 Å². The Balaban J connectivity index is 1.39. The molecule has 0 radical (unpaired) electrons. The Morgan fingerprint density at radius 2 is 1.87 bits per heavy atom. The van der Waals surface area contributed by atoms with E-state index in [0.717, 1.165) is 31.1 Å². The molecule has 0 bridgehead atoms. The van der Waals surface area contributed by atoms with E-state index in [2.05, 4.69) is 9.80 Å². The molecule has 1 atom stereocenters. The molecule has 6 nitrogen and oxygen atoms in total. The largest absolute Gasteiger partial charge is 0.386 e. The summed E-state index contributed by atoms with van der Waals surface area (Å²) in [6.07, 6.45) is -0.406. The van der Waals surface area contributed by atoms with E-state index in [1.807, 2.05) is 22.4 Å². The van der Waals surface area contributed by atoms with Crippen LogP contribution >= 0.6 is 11.3 Å². The number of hydrogen-bond acceptors (Lipinski definition) is 6. The van der Waals surface area contributed by atoms with Crippen molar-refractivity contribution in [3.63, 3.8) is 0 Å². The summed E-state index contributed by atoms with van der Waals surface area (Å²) in [5, 5.41) is 12.2. The molecule has 7 heteroatoms. The van der Waals surface area contributed by atoms with E-state index in [9.17, 15) is 9.90 Å². The number of morpholine rings is 1. The van der Waals surface area contributed by atoms with E-state index in [1.165, 1.54) is 0 Å². The van der Waals surface area contributed by atoms with Crippen LogP contribution in [0.25, 0.3) is 0 Å². The Hall–Kier alpha value is -0.990. The number of piperazine rings is 1. The van der Waals surface area contributed by atoms with E-state index < -0.39 is 6.10 Å². The molecule has 3 heterocycles. The van der Waals surface area contributed by atoms with Crippen LogP contribution in [0.4, 0.5) is 0 Å². The quantitative estimate of drug-likeness (QED) is 0.834. The minimum absolute atomic E-state index is 0.209. The van der Waals surface area contributed by atoms with Crippen molar-refractivity contribution in [2.45, 2.75) is 6.10 Å². The molecule has 1 N–H and O–H groups in total. The summed E-state index contributed by atoms with van der Waals surface area (Å²) < 4.78 is 5.28. The first-order valence-corrected chi connectivity index (χ1v) is 9.12. The van der Waals surface area contributed by atoms with Crippen LogP contribution in [0.5, 0.6) is 0 Å². The molecule has 3 rings (SSSR count). The second-order valence-electron chi connectivity index (χ2n) is 6.10. The monoisotopic (exact) mass is 339 g/mol. The summed E-state index contributed by atoms with van der Waals surface area (Å²) in [4.78, 5) is 19.7. The van der Waals surface area contributed by atoms with Crippen molar-refractivity contribution in [2.24, 2.45) is 0 Å². The van der Waals surface area contributed by atoms with E-state index in [-0.39, 0.29) is 5.91 Å². The van der Waals surface area contributed by atoms with Gasteiger partial charge in [-0.2, -0.15) is 0 Å². The molecule has 0 aliphatic carbocycles. The number of ether oxygens (including phenoxy) is 1. The summed E-state index contributed by atoms with van der Waals surface area (Å²) in [7, 11) is 0. The zero-order valence-electron chi connectivity index (χ0n) is 13.4. The van der Waals surface area contributed by atoms with Crippen molar-refractivity contribution >= 4 is 17.2 Å². The van der Waals surface area contributed by atoms with Gasteiger partial charge in [0, 0.05) is 50.7 Å². The van der Waals surface area contributed by atoms with Gasteiger partial charge < -0.3 is 14.7 Å². The van der Waals surface area contributed by atoms with E-state index in [0.29, 0.717) is 39.4 Å². The van der Waals surface area contributed by atoms with Crippen LogP contribution in [0.1, 0.15) is 11.0 Å². The molecule has 0 aromatic carbocycles. The van der Waals surface area contributed by atoms with Gasteiger partial charge in [0.05, 0.1) is 19.8 Å². The second kappa shape index (κ2) is 8.21. The highest BCUT2D eigenvalue weighted by Crippen LogP contribution is 2.20. The lowest BCUT2D eigenvalue weighted by Crippen LogP contribution is -2.52. The van der Waals surface area contributed by atoms with Gasteiger partial charge in [-0.05, 0) is 11.4 Å². The predicted octanol–water partition coefficient (Wildman–Crippen LogP) is 0.258. The number of rotatable bonds is 5. The molecule has 1 aromatic rings. The van der Waals surface area contributed by atoms with Crippen molar-refractivity contribution < 1.29 is 14.6 Å². The lowest BCUT2D eigenvalue weighted by molar-refractivity contribution is -0.136. The number of aliphatic hydroxyl groups excluding tert-OH is 1. The third kappa shape index (κ3) is 4.74. The van der Waals surface area contributed by atoms with Crippen molar-refractivity contribution in [1.29, 1.82) is 0 Å². The highest BCUT2D eigenvalue weighted by atomic mass is 32.1. The Bertz CT molecular complexity index is 483. The topological polar surface area (TPSA) is 56.2 Å². The average molecular weight is 339 g/mol. The van der Waals surface area contributed by atoms with E-state index in [1.54, 1.807) is 11.3 Å². The van der Waals surface area contributed by atoms with Crippen LogP contribution in [0.2, 0.25) is 0 Å². The summed E-state index contributed by atoms with van der Waals surface area (Å²) >= 11 is 1.60. The highest BCUT2D eigenvalue weighted by molar-refractivity contribution is 7.10. The second-order valence-corrected chi connectivity index (χ2v) is 7.08. The molecule has 2 fully saturated rings. The zero-order chi connectivity index (χ0) is 16.1. The van der Waals surface area contributed by atoms with Crippen LogP contribution < -0.4 is 0 Å². The molecule has 0 saturated carbocycles. The number of carbonyl (C=O) groups is 1. The van der Waals surface area contributed by atoms with Gasteiger partial charge in [0.25, 0.3) is 0 Å². The molecular formula is C16H25N3O3S. The smallest absolute Gasteiger partial charge is 0.236 e. The van der Waals surface area contributed by atoms with Gasteiger partial charge in [-0.1, -0.05) is 6.07 Å². The van der Waals surface area contributed by atoms with Crippen LogP contribution in [-0.2, 0) is 9.53 Å². The maximum absolute atomic E-state index is 12.3. The fourth-order valence-electron chi connectivity index (χ4n) is 3.05. The van der Waals surface area contributed by atoms with Crippen molar-refractivity contribution in [2.75, 3.05) is 65.6 Å². The average Bonchev–Trinajstić information content (AvgIpc) is 3.12. The summed E-state index contributed by atoms with van der Waals surface area (Å²) in [6, 6.07) is 3.95. The number of carbonyl (C=O) groups excluding carboxylic acids is 1. The lowest BCUT2D eigenvalue weighted by atomic mass is 10.2. The van der Waals surface area contributed by atoms with Gasteiger partial charge in [-0.15, -0.1) is 11.3 Å². The lowest BCUT2D eigenvalue weighted by Gasteiger charge is -2.36. The molecule has 1 amide bonds. The minimum atomic E-state index is -0.406. The number of β-amino-alcohol motifs (C(OH)–C–C–N with tert-alkyl or cyclic N) is 1. The summed E-state index contributed by atoms with van der Waals surface area (Å²) in [6.45, 7) is 7.48. The standard InChI is InChI=1S/C16H25N3O3S/c20-14(15-2-1-11-23-15)12-17-3-5-18(6-4-17)13-16(21)19-7-9-22-10-8-19/h1-2,11,14,20H,3-10,12-13H2. The third-order valence-electron chi connectivity index (χ3n) is 4.49. The molecule has 2 aliphatic rings. The van der Waals surface area contributed by atoms with Crippen LogP contribution in [-0.4, -0.2) is 91.3 Å². The first kappa shape index (κ1) is 16.9. The third-order valence-corrected chi connectivity index (χ3v) is 5.46. The van der Waals surface area contributed by atoms with Crippen LogP contribution in [0.3, 0.4) is 0 Å². The maximum atomic E-state index is 12.3. The highest BCUT2D eigenvalue weighted by Gasteiger charge is 2.24. The van der Waals surface area contributed by atoms with Gasteiger partial charge in [0.2, 0.25) is 5.91 Å². The molecular weight excluding hydrogens is 314 g/mol. The number of amides is 1. The molecule has 23 heavy (non-hydrogen) atoms. The van der Waals surface area contributed by atoms with Gasteiger partial charge in [0.15, 0.2) is 0 Å². The Morgan fingerprint density at radius 1 is 1.17 bits per heavy atom. The minimum Gasteiger partial charge on any atom is -0.386 e. The molecule has 1 aromatic heterocycles. The van der Waals surface area contributed by atoms with Crippen molar-refractivity contribution in [3.8, 4) is 0 Å². The van der Waals surface area contributed by atoms with Gasteiger partial charge in [-0.25, -0.2) is 0 Å². The SMILES string of the molecule is O=C(CN1CCN(CC(O)c2cccs2)CC1)N1CCOCC1. The van der Waals surface area contributed by atoms with Crippen molar-refractivity contribution in [1.82, 2.24) is 14.7 Å². The van der Waals surface area contributed by atoms with Crippen LogP contribution in [0.15, 0.2) is 17.5 Å². The van der Waals surface area contributed by atoms with Gasteiger partial charge in [-0.3, -0.25) is 14.6 Å². The Morgan fingerprint density at radius 3 is 2.52 bits per heavy atom. The maximum Gasteiger partial charge on any atom is 0.236 e. The molecule has 128 valence electrons. The van der Waals surface area contributed by atoms with E-state index >= 15 is 0 Å². The van der Waals surface area contributed by atoms with E-state index in [4.69, 9.17) is 4.74 Å². The molecule has 2 aliphatic heterocycles. The van der Waals surface area contributed by atoms with Gasteiger partial charge >= 0.3 is 0 Å². The van der Waals surface area contributed by atoms with Crippen molar-refractivity contribution in [3.05, 3.63) is 22.4 Å². The number of nitrogens with zero attached hydrogens (tertiary/aromatic N) is 3. The predicted molar refractivity (Wildman–Crippen MR) is 89.6 cm³/mol. The first-order valence-electron chi connectivity index (χ1n) is 8.24. The van der Waals surface area contributed by atoms with Crippen LogP contribution in [0, 0.1) is 0 Å². The fourth-order valence-corrected chi connectivity index (χ4v) is 3.75. The normalized spacial score (nSPS) is 22.2. The molecule has 0 spiro atoms. The Kier molecular flexibility index (Phi) is 6.02.